The number of fused-ring (bicyclic) bond motifs is 2. The molecule has 0 N–H and O–H groups in total. The van der Waals surface area contributed by atoms with Gasteiger partial charge in [-0.3, -0.25) is 9.78 Å². The second-order valence-electron chi connectivity index (χ2n) is 5.87. The SMILES string of the molecule is CN1Cc2cc(Cc3cnc4ccccc4c3)ccc2C1=O. The lowest BCUT2D eigenvalue weighted by Gasteiger charge is -2.05. The molecule has 2 aromatic carbocycles. The van der Waals surface area contributed by atoms with Gasteiger partial charge in [0.2, 0.25) is 0 Å². The van der Waals surface area contributed by atoms with Crippen molar-refractivity contribution < 1.29 is 4.79 Å². The van der Waals surface area contributed by atoms with Crippen LogP contribution in [0, 0.1) is 0 Å². The Morgan fingerprint density at radius 3 is 2.86 bits per heavy atom. The average molecular weight is 288 g/mol. The highest BCUT2D eigenvalue weighted by molar-refractivity contribution is 5.98. The number of hydrogen-bond donors (Lipinski definition) is 0. The number of amides is 1. The van der Waals surface area contributed by atoms with Crippen LogP contribution in [0.2, 0.25) is 0 Å². The Morgan fingerprint density at radius 2 is 1.95 bits per heavy atom. The van der Waals surface area contributed by atoms with Gasteiger partial charge in [0.1, 0.15) is 0 Å². The van der Waals surface area contributed by atoms with Gasteiger partial charge in [-0.25, -0.2) is 0 Å². The Morgan fingerprint density at radius 1 is 1.09 bits per heavy atom. The predicted octanol–water partition coefficient (Wildman–Crippen LogP) is 3.41. The van der Waals surface area contributed by atoms with Gasteiger partial charge < -0.3 is 4.90 Å². The minimum atomic E-state index is 0.119. The van der Waals surface area contributed by atoms with Crippen molar-refractivity contribution in [1.29, 1.82) is 0 Å². The fourth-order valence-electron chi connectivity index (χ4n) is 3.08. The molecular weight excluding hydrogens is 272 g/mol. The van der Waals surface area contributed by atoms with Crippen molar-refractivity contribution in [2.75, 3.05) is 7.05 Å². The molecule has 108 valence electrons. The lowest BCUT2D eigenvalue weighted by Crippen LogP contribution is -2.17. The molecule has 1 amide bonds. The highest BCUT2D eigenvalue weighted by Gasteiger charge is 2.24. The van der Waals surface area contributed by atoms with Crippen LogP contribution in [-0.4, -0.2) is 22.8 Å². The lowest BCUT2D eigenvalue weighted by atomic mass is 10.0. The first-order chi connectivity index (χ1) is 10.7. The highest BCUT2D eigenvalue weighted by Crippen LogP contribution is 2.24. The van der Waals surface area contributed by atoms with E-state index in [1.54, 1.807) is 4.90 Å². The van der Waals surface area contributed by atoms with Gasteiger partial charge in [0.25, 0.3) is 5.91 Å². The zero-order valence-corrected chi connectivity index (χ0v) is 12.4. The molecule has 0 fully saturated rings. The van der Waals surface area contributed by atoms with E-state index in [1.807, 2.05) is 43.6 Å². The van der Waals surface area contributed by atoms with E-state index in [-0.39, 0.29) is 5.91 Å². The maximum absolute atomic E-state index is 11.9. The minimum Gasteiger partial charge on any atom is -0.337 e. The van der Waals surface area contributed by atoms with Crippen molar-refractivity contribution in [1.82, 2.24) is 9.88 Å². The Bertz CT molecular complexity index is 885. The number of rotatable bonds is 2. The Kier molecular flexibility index (Phi) is 2.93. The highest BCUT2D eigenvalue weighted by atomic mass is 16.2. The average Bonchev–Trinajstić information content (AvgIpc) is 2.81. The maximum atomic E-state index is 11.9. The molecule has 0 aliphatic carbocycles. The van der Waals surface area contributed by atoms with E-state index in [4.69, 9.17) is 0 Å². The summed E-state index contributed by atoms with van der Waals surface area (Å²) >= 11 is 0. The quantitative estimate of drug-likeness (QED) is 0.724. The topological polar surface area (TPSA) is 33.2 Å². The van der Waals surface area contributed by atoms with Crippen molar-refractivity contribution in [3.63, 3.8) is 0 Å². The van der Waals surface area contributed by atoms with E-state index in [9.17, 15) is 4.79 Å². The molecule has 0 spiro atoms. The zero-order valence-electron chi connectivity index (χ0n) is 12.4. The standard InChI is InChI=1S/C19H16N2O/c1-21-12-16-9-13(6-7-17(16)19(21)22)8-14-10-15-4-2-3-5-18(15)20-11-14/h2-7,9-11H,8,12H2,1H3. The third kappa shape index (κ3) is 2.15. The first-order valence-corrected chi connectivity index (χ1v) is 7.42. The molecule has 22 heavy (non-hydrogen) atoms. The van der Waals surface area contributed by atoms with Crippen LogP contribution in [0.4, 0.5) is 0 Å². The zero-order chi connectivity index (χ0) is 15.1. The van der Waals surface area contributed by atoms with Crippen LogP contribution in [0.15, 0.2) is 54.7 Å². The third-order valence-corrected chi connectivity index (χ3v) is 4.21. The van der Waals surface area contributed by atoms with Gasteiger partial charge in [-0.1, -0.05) is 30.3 Å². The molecule has 0 bridgehead atoms. The van der Waals surface area contributed by atoms with E-state index in [0.29, 0.717) is 6.54 Å². The third-order valence-electron chi connectivity index (χ3n) is 4.21. The second-order valence-corrected chi connectivity index (χ2v) is 5.87. The van der Waals surface area contributed by atoms with Gasteiger partial charge in [-0.15, -0.1) is 0 Å². The summed E-state index contributed by atoms with van der Waals surface area (Å²) < 4.78 is 0. The minimum absolute atomic E-state index is 0.119. The monoisotopic (exact) mass is 288 g/mol. The molecule has 0 unspecified atom stereocenters. The molecule has 1 aromatic heterocycles. The van der Waals surface area contributed by atoms with E-state index in [2.05, 4.69) is 23.2 Å². The number of para-hydroxylation sites is 1. The first kappa shape index (κ1) is 13.0. The summed E-state index contributed by atoms with van der Waals surface area (Å²) in [7, 11) is 1.84. The molecule has 2 heterocycles. The molecule has 0 saturated carbocycles. The second kappa shape index (κ2) is 4.95. The molecule has 3 aromatic rings. The Labute approximate surface area is 129 Å². The van der Waals surface area contributed by atoms with Crippen LogP contribution < -0.4 is 0 Å². The van der Waals surface area contributed by atoms with Crippen LogP contribution in [0.25, 0.3) is 10.9 Å². The number of carbonyl (C=O) groups is 1. The van der Waals surface area contributed by atoms with Gasteiger partial charge in [-0.05, 0) is 41.3 Å². The van der Waals surface area contributed by atoms with Crippen LogP contribution in [0.1, 0.15) is 27.0 Å². The van der Waals surface area contributed by atoms with Crippen molar-refractivity contribution in [3.8, 4) is 0 Å². The fourth-order valence-corrected chi connectivity index (χ4v) is 3.08. The van der Waals surface area contributed by atoms with Crippen LogP contribution in [-0.2, 0) is 13.0 Å². The largest absolute Gasteiger partial charge is 0.337 e. The predicted molar refractivity (Wildman–Crippen MR) is 86.8 cm³/mol. The molecule has 0 atom stereocenters. The van der Waals surface area contributed by atoms with Crippen molar-refractivity contribution in [2.24, 2.45) is 0 Å². The summed E-state index contributed by atoms with van der Waals surface area (Å²) in [4.78, 5) is 18.2. The van der Waals surface area contributed by atoms with E-state index >= 15 is 0 Å². The summed E-state index contributed by atoms with van der Waals surface area (Å²) in [5.74, 6) is 0.119. The van der Waals surface area contributed by atoms with Crippen molar-refractivity contribution in [3.05, 3.63) is 77.0 Å². The molecule has 1 aliphatic heterocycles. The summed E-state index contributed by atoms with van der Waals surface area (Å²) in [5.41, 5.74) is 5.39. The maximum Gasteiger partial charge on any atom is 0.254 e. The van der Waals surface area contributed by atoms with Crippen LogP contribution in [0.3, 0.4) is 0 Å². The summed E-state index contributed by atoms with van der Waals surface area (Å²) in [6, 6.07) is 16.5. The number of hydrogen-bond acceptors (Lipinski definition) is 2. The number of carbonyl (C=O) groups excluding carboxylic acids is 1. The van der Waals surface area contributed by atoms with E-state index in [0.717, 1.165) is 28.5 Å². The summed E-state index contributed by atoms with van der Waals surface area (Å²) in [6.07, 6.45) is 2.77. The van der Waals surface area contributed by atoms with Gasteiger partial charge >= 0.3 is 0 Å². The number of benzene rings is 2. The normalized spacial score (nSPS) is 13.7. The van der Waals surface area contributed by atoms with Crippen LogP contribution >= 0.6 is 0 Å². The molecule has 0 saturated heterocycles. The van der Waals surface area contributed by atoms with Gasteiger partial charge in [0.15, 0.2) is 0 Å². The van der Waals surface area contributed by atoms with Crippen molar-refractivity contribution in [2.45, 2.75) is 13.0 Å². The van der Waals surface area contributed by atoms with Gasteiger partial charge in [0.05, 0.1) is 5.52 Å². The fraction of sp³-hybridized carbons (Fsp3) is 0.158. The number of aromatic nitrogens is 1. The molecule has 3 nitrogen and oxygen atoms in total. The van der Waals surface area contributed by atoms with E-state index in [1.165, 1.54) is 11.1 Å². The lowest BCUT2D eigenvalue weighted by molar-refractivity contribution is 0.0816. The molecule has 0 radical (unpaired) electrons. The first-order valence-electron chi connectivity index (χ1n) is 7.42. The molecule has 4 rings (SSSR count). The number of pyridine rings is 1. The smallest absolute Gasteiger partial charge is 0.254 e. The molecule has 3 heteroatoms. The Hall–Kier alpha value is -2.68. The number of nitrogens with zero attached hydrogens (tertiary/aromatic N) is 2. The van der Waals surface area contributed by atoms with Crippen LogP contribution in [0.5, 0.6) is 0 Å². The summed E-state index contributed by atoms with van der Waals surface area (Å²) in [5, 5.41) is 1.16. The summed E-state index contributed by atoms with van der Waals surface area (Å²) in [6.45, 7) is 0.706. The molecular formula is C19H16N2O. The van der Waals surface area contributed by atoms with E-state index < -0.39 is 0 Å². The van der Waals surface area contributed by atoms with Crippen molar-refractivity contribution >= 4 is 16.8 Å². The molecule has 1 aliphatic rings. The Balaban J connectivity index is 1.66. The van der Waals surface area contributed by atoms with Gasteiger partial charge in [-0.2, -0.15) is 0 Å². The van der Waals surface area contributed by atoms with Gasteiger partial charge in [0, 0.05) is 30.7 Å².